The Morgan fingerprint density at radius 1 is 0.945 bits per heavy atom. The molecule has 0 saturated heterocycles. The molecule has 1 N–H and O–H groups in total. The van der Waals surface area contributed by atoms with E-state index in [4.69, 9.17) is 16.3 Å². The Kier molecular flexibility index (Phi) is 9.39. The molecule has 300 valence electrons. The lowest BCUT2D eigenvalue weighted by Gasteiger charge is -2.72. The van der Waals surface area contributed by atoms with E-state index in [1.807, 2.05) is 11.7 Å². The molecule has 4 saturated carbocycles. The third-order valence-corrected chi connectivity index (χ3v) is 16.9. The number of ketones is 1. The zero-order valence-corrected chi connectivity index (χ0v) is 35.2. The summed E-state index contributed by atoms with van der Waals surface area (Å²) in [5.41, 5.74) is 0.612. The number of benzene rings is 1. The van der Waals surface area contributed by atoms with Crippen LogP contribution in [0.4, 0.5) is 4.39 Å². The number of carboxylic acid groups (broad SMARTS) is 1. The van der Waals surface area contributed by atoms with E-state index in [0.29, 0.717) is 36.1 Å². The van der Waals surface area contributed by atoms with Gasteiger partial charge in [0, 0.05) is 24.3 Å². The van der Waals surface area contributed by atoms with E-state index in [2.05, 4.69) is 48.5 Å². The Morgan fingerprint density at radius 2 is 1.60 bits per heavy atom. The van der Waals surface area contributed by atoms with Crippen molar-refractivity contribution in [1.29, 1.82) is 0 Å². The Labute approximate surface area is 330 Å². The quantitative estimate of drug-likeness (QED) is 0.281. The molecule has 1 heterocycles. The second-order valence-electron chi connectivity index (χ2n) is 20.3. The van der Waals surface area contributed by atoms with Gasteiger partial charge in [0.25, 0.3) is 5.56 Å². The van der Waals surface area contributed by atoms with Gasteiger partial charge in [-0.3, -0.25) is 23.9 Å². The summed E-state index contributed by atoms with van der Waals surface area (Å²) in [5, 5.41) is 9.76. The molecule has 55 heavy (non-hydrogen) atoms. The summed E-state index contributed by atoms with van der Waals surface area (Å²) in [6.45, 7) is 19.3. The van der Waals surface area contributed by atoms with Gasteiger partial charge < -0.3 is 9.84 Å². The monoisotopic (exact) mass is 778 g/mol. The Bertz CT molecular complexity index is 2040. The summed E-state index contributed by atoms with van der Waals surface area (Å²) in [4.78, 5) is 53.2. The number of Topliss-reactive ketones (excluding diaryl/α,β-unsaturated/α-hetero) is 1. The predicted molar refractivity (Wildman–Crippen MR) is 211 cm³/mol. The first-order valence-corrected chi connectivity index (χ1v) is 20.8. The van der Waals surface area contributed by atoms with Crippen LogP contribution in [0.3, 0.4) is 0 Å². The summed E-state index contributed by atoms with van der Waals surface area (Å²) in [5.74, 6) is -0.810. The highest BCUT2D eigenvalue weighted by Crippen LogP contribution is 2.77. The molecule has 8 atom stereocenters. The van der Waals surface area contributed by atoms with E-state index < -0.39 is 22.8 Å². The summed E-state index contributed by atoms with van der Waals surface area (Å²) >= 11 is 7.11. The fraction of sp³-hybridized carbons (Fsp3) is 0.689. The van der Waals surface area contributed by atoms with E-state index in [1.165, 1.54) is 22.4 Å². The van der Waals surface area contributed by atoms with E-state index >= 15 is 0 Å². The highest BCUT2D eigenvalue weighted by atomic mass is 35.5. The van der Waals surface area contributed by atoms with Gasteiger partial charge in [-0.25, -0.2) is 9.07 Å². The number of halogens is 2. The molecule has 10 heteroatoms. The molecular weight excluding hydrogens is 719 g/mol. The van der Waals surface area contributed by atoms with E-state index in [0.717, 1.165) is 50.5 Å². The number of hydrogen-bond acceptors (Lipinski definition) is 5. The lowest BCUT2D eigenvalue weighted by Crippen LogP contribution is -2.66. The van der Waals surface area contributed by atoms with Crippen LogP contribution >= 0.6 is 11.6 Å². The average molecular weight is 779 g/mol. The van der Waals surface area contributed by atoms with Gasteiger partial charge in [0.05, 0.1) is 23.2 Å². The zero-order valence-electron chi connectivity index (χ0n) is 34.4. The van der Waals surface area contributed by atoms with Crippen LogP contribution in [0.5, 0.6) is 0 Å². The normalized spacial score (nSPS) is 35.5. The number of ether oxygens (including phenoxy) is 1. The predicted octanol–water partition coefficient (Wildman–Crippen LogP) is 9.61. The first-order valence-electron chi connectivity index (χ1n) is 20.4. The van der Waals surface area contributed by atoms with Crippen LogP contribution in [0.1, 0.15) is 132 Å². The Balaban J connectivity index is 1.26. The van der Waals surface area contributed by atoms with Crippen molar-refractivity contribution in [1.82, 2.24) is 9.36 Å². The van der Waals surface area contributed by atoms with Crippen LogP contribution in [-0.2, 0) is 31.6 Å². The van der Waals surface area contributed by atoms with Crippen LogP contribution in [-0.4, -0.2) is 38.3 Å². The second kappa shape index (κ2) is 12.9. The Hall–Kier alpha value is -3.20. The summed E-state index contributed by atoms with van der Waals surface area (Å²) in [7, 11) is 1.84. The Morgan fingerprint density at radius 3 is 2.22 bits per heavy atom. The van der Waals surface area contributed by atoms with Crippen molar-refractivity contribution in [2.75, 3.05) is 0 Å². The van der Waals surface area contributed by atoms with Crippen LogP contribution < -0.4 is 5.56 Å². The maximum absolute atomic E-state index is 14.3. The number of carboxylic acids is 1. The lowest BCUT2D eigenvalue weighted by atomic mass is 9.33. The number of allylic oxidation sites excluding steroid dienone is 2. The third kappa shape index (κ3) is 5.54. The van der Waals surface area contributed by atoms with Gasteiger partial charge in [-0.05, 0) is 141 Å². The van der Waals surface area contributed by atoms with Crippen molar-refractivity contribution in [2.45, 2.75) is 138 Å². The number of fused-ring (bicyclic) bond motifs is 7. The number of aromatic nitrogens is 2. The number of aliphatic carboxylic acids is 1. The van der Waals surface area contributed by atoms with Crippen molar-refractivity contribution in [2.24, 2.45) is 57.8 Å². The van der Waals surface area contributed by atoms with Gasteiger partial charge in [-0.15, -0.1) is 0 Å². The molecule has 8 nitrogen and oxygen atoms in total. The van der Waals surface area contributed by atoms with Crippen LogP contribution in [0.15, 0.2) is 40.2 Å². The van der Waals surface area contributed by atoms with Crippen molar-refractivity contribution in [3.8, 4) is 5.69 Å². The molecule has 1 aromatic heterocycles. The maximum atomic E-state index is 14.3. The van der Waals surface area contributed by atoms with Gasteiger partial charge in [0.2, 0.25) is 0 Å². The SMILES string of the molecule is CC(C)C1=C2[C@H]3CC[C@@H]4[C@@]5(C)CC[C@H](OC(=O)CC(C)(C)C(=O)O)C(C)(C)[C@@H]5CC[C@@]4(C)[C@]3(C)CC[C@@]2(c2c(Cl)c(=O)n(-c3ccc(F)cc3)n2C)CC1=O. The fourth-order valence-corrected chi connectivity index (χ4v) is 14.1. The van der Waals surface area contributed by atoms with Gasteiger partial charge >= 0.3 is 11.9 Å². The van der Waals surface area contributed by atoms with Gasteiger partial charge in [-0.2, -0.15) is 0 Å². The third-order valence-electron chi connectivity index (χ3n) is 16.5. The van der Waals surface area contributed by atoms with Crippen molar-refractivity contribution < 1.29 is 28.6 Å². The molecule has 2 aromatic rings. The van der Waals surface area contributed by atoms with Gasteiger partial charge in [0.1, 0.15) is 16.9 Å². The number of carbonyl (C=O) groups excluding carboxylic acids is 2. The van der Waals surface area contributed by atoms with Crippen molar-refractivity contribution >= 4 is 29.3 Å². The summed E-state index contributed by atoms with van der Waals surface area (Å²) in [6.07, 6.45) is 7.08. The second-order valence-corrected chi connectivity index (χ2v) is 20.6. The highest BCUT2D eigenvalue weighted by Gasteiger charge is 2.71. The van der Waals surface area contributed by atoms with E-state index in [9.17, 15) is 28.7 Å². The minimum absolute atomic E-state index is 0.00258. The smallest absolute Gasteiger partial charge is 0.309 e. The molecule has 0 amide bonds. The molecule has 0 aliphatic heterocycles. The van der Waals surface area contributed by atoms with E-state index in [1.54, 1.807) is 26.0 Å². The molecule has 4 fully saturated rings. The van der Waals surface area contributed by atoms with E-state index in [-0.39, 0.29) is 68.2 Å². The summed E-state index contributed by atoms with van der Waals surface area (Å²) < 4.78 is 23.5. The average Bonchev–Trinajstić information content (AvgIpc) is 3.51. The maximum Gasteiger partial charge on any atom is 0.309 e. The lowest BCUT2D eigenvalue weighted by molar-refractivity contribution is -0.232. The van der Waals surface area contributed by atoms with Crippen LogP contribution in [0, 0.1) is 56.6 Å². The zero-order chi connectivity index (χ0) is 40.4. The minimum Gasteiger partial charge on any atom is -0.481 e. The number of hydrogen-bond donors (Lipinski definition) is 1. The van der Waals surface area contributed by atoms with Crippen molar-refractivity contribution in [3.63, 3.8) is 0 Å². The molecule has 0 spiro atoms. The van der Waals surface area contributed by atoms with Gasteiger partial charge in [-0.1, -0.05) is 60.1 Å². The standard InChI is InChI=1S/C45H60ClFN2O6/c1-25(2)34-29(50)23-45(37-36(46)38(52)49(48(37)10)27-13-11-26(47)12-14-27)22-21-43(8)28(35(34)45)15-16-31-42(7)19-18-32(55-33(51)24-40(3,4)39(53)54)41(5,6)30(42)17-20-44(31,43)9/h11-14,25,28,30-32H,15-24H2,1-10H3,(H,53,54)/t28-,30+,31-,32+,42+,43-,44-,45-/m1/s1. The number of nitrogens with zero attached hydrogens (tertiary/aromatic N) is 2. The minimum atomic E-state index is -1.19. The molecule has 7 rings (SSSR count). The van der Waals surface area contributed by atoms with Gasteiger partial charge in [0.15, 0.2) is 5.78 Å². The summed E-state index contributed by atoms with van der Waals surface area (Å²) in [6, 6.07) is 5.85. The molecule has 0 radical (unpaired) electrons. The molecule has 5 aliphatic rings. The molecule has 5 aliphatic carbocycles. The molecule has 1 aromatic carbocycles. The first-order chi connectivity index (χ1) is 25.5. The number of rotatable bonds is 7. The largest absolute Gasteiger partial charge is 0.481 e. The van der Waals surface area contributed by atoms with Crippen LogP contribution in [0.2, 0.25) is 5.02 Å². The molecule has 0 unspecified atom stereocenters. The number of esters is 1. The molecular formula is C45H60ClFN2O6. The fourth-order valence-electron chi connectivity index (χ4n) is 13.7. The first kappa shape index (κ1) is 40.0. The van der Waals surface area contributed by atoms with Crippen LogP contribution in [0.25, 0.3) is 5.69 Å². The molecule has 0 bridgehead atoms. The number of carbonyl (C=O) groups is 3. The van der Waals surface area contributed by atoms with Crippen molar-refractivity contribution in [3.05, 3.63) is 62.3 Å². The highest BCUT2D eigenvalue weighted by molar-refractivity contribution is 6.31. The topological polar surface area (TPSA) is 108 Å².